The Bertz CT molecular complexity index is 1120. The summed E-state index contributed by atoms with van der Waals surface area (Å²) >= 11 is 6.09. The number of halogens is 1. The summed E-state index contributed by atoms with van der Waals surface area (Å²) in [4.78, 5) is 28.7. The van der Waals surface area contributed by atoms with E-state index < -0.39 is 5.97 Å². The molecule has 2 aromatic carbocycles. The monoisotopic (exact) mass is 462 g/mol. The molecule has 0 bridgehead atoms. The smallest absolute Gasteiger partial charge is 0.303 e. The van der Waals surface area contributed by atoms with Crippen molar-refractivity contribution in [2.45, 2.75) is 44.4 Å². The lowest BCUT2D eigenvalue weighted by Gasteiger charge is -2.24. The Morgan fingerprint density at radius 2 is 1.76 bits per heavy atom. The molecule has 4 rings (SSSR count). The molecule has 3 aromatic rings. The van der Waals surface area contributed by atoms with Gasteiger partial charge in [0.05, 0.1) is 10.9 Å². The van der Waals surface area contributed by atoms with Gasteiger partial charge in [0.2, 0.25) is 5.91 Å². The minimum absolute atomic E-state index is 0.0265. The predicted octanol–water partition coefficient (Wildman–Crippen LogP) is 6.33. The van der Waals surface area contributed by atoms with Crippen LogP contribution in [0.2, 0.25) is 5.02 Å². The molecule has 1 aromatic heterocycles. The number of hydrogen-bond acceptors (Lipinski definition) is 3. The topological polar surface area (TPSA) is 79.3 Å². The molecule has 1 aliphatic carbocycles. The van der Waals surface area contributed by atoms with Crippen LogP contribution in [-0.4, -0.2) is 22.0 Å². The first-order chi connectivity index (χ1) is 16.0. The molecule has 2 N–H and O–H groups in total. The fraction of sp³-hybridized carbons (Fsp3) is 0.296. The van der Waals surface area contributed by atoms with Gasteiger partial charge in [-0.05, 0) is 54.0 Å². The number of aryl methyl sites for hydroxylation is 1. The highest BCUT2D eigenvalue weighted by molar-refractivity contribution is 6.30. The van der Waals surface area contributed by atoms with E-state index in [0.29, 0.717) is 17.1 Å². The number of aromatic nitrogens is 1. The summed E-state index contributed by atoms with van der Waals surface area (Å²) in [7, 11) is 0. The van der Waals surface area contributed by atoms with Gasteiger partial charge >= 0.3 is 5.97 Å². The molecule has 1 heterocycles. The lowest BCUT2D eigenvalue weighted by Crippen LogP contribution is -2.27. The number of rotatable bonds is 8. The first-order valence-corrected chi connectivity index (χ1v) is 11.7. The predicted molar refractivity (Wildman–Crippen MR) is 130 cm³/mol. The summed E-state index contributed by atoms with van der Waals surface area (Å²) in [5.74, 6) is -0.863. The van der Waals surface area contributed by atoms with Gasteiger partial charge in [-0.3, -0.25) is 14.6 Å². The number of anilines is 1. The van der Waals surface area contributed by atoms with Crippen LogP contribution < -0.4 is 5.32 Å². The van der Waals surface area contributed by atoms with Gasteiger partial charge in [-0.25, -0.2) is 0 Å². The van der Waals surface area contributed by atoms with Gasteiger partial charge < -0.3 is 10.4 Å². The van der Waals surface area contributed by atoms with Crippen LogP contribution in [0.4, 0.5) is 5.69 Å². The lowest BCUT2D eigenvalue weighted by atomic mass is 9.83. The Morgan fingerprint density at radius 3 is 2.45 bits per heavy atom. The molecule has 0 saturated heterocycles. The van der Waals surface area contributed by atoms with Crippen molar-refractivity contribution in [3.8, 4) is 11.1 Å². The minimum Gasteiger partial charge on any atom is -0.481 e. The molecule has 1 aliphatic rings. The number of carbonyl (C=O) groups is 2. The number of hydrogen-bond donors (Lipinski definition) is 2. The number of amides is 1. The standard InChI is InChI=1S/C27H27ClN2O3/c28-23-15-22(16-29-17-23)18-9-11-21(12-10-18)26(20-6-1-2-7-20)27(33)30-24-8-4-3-5-19(24)13-14-25(31)32/h3-5,8-12,15-17,20,26H,1-2,6-7,13-14H2,(H,30,33)(H,31,32). The molecule has 0 spiro atoms. The molecule has 1 fully saturated rings. The maximum absolute atomic E-state index is 13.5. The number of pyridine rings is 1. The molecule has 1 unspecified atom stereocenters. The van der Waals surface area contributed by atoms with Crippen LogP contribution in [0.15, 0.2) is 67.0 Å². The van der Waals surface area contributed by atoms with Crippen molar-refractivity contribution in [1.82, 2.24) is 4.98 Å². The van der Waals surface area contributed by atoms with E-state index in [0.717, 1.165) is 47.9 Å². The molecule has 1 saturated carbocycles. The fourth-order valence-electron chi connectivity index (χ4n) is 4.69. The highest BCUT2D eigenvalue weighted by atomic mass is 35.5. The van der Waals surface area contributed by atoms with Crippen molar-refractivity contribution in [1.29, 1.82) is 0 Å². The number of carbonyl (C=O) groups excluding carboxylic acids is 1. The number of nitrogens with zero attached hydrogens (tertiary/aromatic N) is 1. The summed E-state index contributed by atoms with van der Waals surface area (Å²) in [5.41, 5.74) is 4.44. The molecule has 1 amide bonds. The van der Waals surface area contributed by atoms with E-state index >= 15 is 0 Å². The SMILES string of the molecule is O=C(O)CCc1ccccc1NC(=O)C(c1ccc(-c2cncc(Cl)c2)cc1)C1CCCC1. The molecule has 170 valence electrons. The van der Waals surface area contributed by atoms with Crippen molar-refractivity contribution >= 4 is 29.2 Å². The highest BCUT2D eigenvalue weighted by Crippen LogP contribution is 2.39. The van der Waals surface area contributed by atoms with Gasteiger partial charge in [0.15, 0.2) is 0 Å². The molecule has 0 aliphatic heterocycles. The van der Waals surface area contributed by atoms with Crippen LogP contribution in [0.25, 0.3) is 11.1 Å². The first kappa shape index (κ1) is 23.0. The zero-order valence-electron chi connectivity index (χ0n) is 18.3. The second-order valence-electron chi connectivity index (χ2n) is 8.58. The highest BCUT2D eigenvalue weighted by Gasteiger charge is 2.32. The number of para-hydroxylation sites is 1. The Balaban J connectivity index is 1.58. The van der Waals surface area contributed by atoms with Crippen LogP contribution in [0.3, 0.4) is 0 Å². The quantitative estimate of drug-likeness (QED) is 0.409. The second-order valence-corrected chi connectivity index (χ2v) is 9.01. The van der Waals surface area contributed by atoms with Gasteiger partial charge in [-0.2, -0.15) is 0 Å². The van der Waals surface area contributed by atoms with E-state index in [1.807, 2.05) is 54.6 Å². The fourth-order valence-corrected chi connectivity index (χ4v) is 4.87. The number of benzene rings is 2. The second kappa shape index (κ2) is 10.6. The van der Waals surface area contributed by atoms with Gasteiger partial charge in [-0.15, -0.1) is 0 Å². The van der Waals surface area contributed by atoms with E-state index in [-0.39, 0.29) is 24.2 Å². The third kappa shape index (κ3) is 5.79. The summed E-state index contributed by atoms with van der Waals surface area (Å²) in [6.45, 7) is 0. The summed E-state index contributed by atoms with van der Waals surface area (Å²) in [5, 5.41) is 12.7. The van der Waals surface area contributed by atoms with Crippen LogP contribution in [0, 0.1) is 5.92 Å². The summed E-state index contributed by atoms with van der Waals surface area (Å²) in [6.07, 6.45) is 8.11. The zero-order valence-corrected chi connectivity index (χ0v) is 19.1. The zero-order chi connectivity index (χ0) is 23.2. The van der Waals surface area contributed by atoms with E-state index in [9.17, 15) is 9.59 Å². The Labute approximate surface area is 198 Å². The van der Waals surface area contributed by atoms with Gasteiger partial charge in [0.1, 0.15) is 0 Å². The molecule has 0 radical (unpaired) electrons. The Hall–Kier alpha value is -3.18. The molecule has 5 nitrogen and oxygen atoms in total. The third-order valence-electron chi connectivity index (χ3n) is 6.35. The molecular weight excluding hydrogens is 436 g/mol. The Kier molecular flexibility index (Phi) is 7.40. The molecule has 6 heteroatoms. The van der Waals surface area contributed by atoms with E-state index in [1.165, 1.54) is 0 Å². The van der Waals surface area contributed by atoms with Crippen molar-refractivity contribution in [3.05, 3.63) is 83.1 Å². The molecular formula is C27H27ClN2O3. The normalized spacial score (nSPS) is 14.7. The largest absolute Gasteiger partial charge is 0.481 e. The first-order valence-electron chi connectivity index (χ1n) is 11.3. The average molecular weight is 463 g/mol. The van der Waals surface area contributed by atoms with Crippen LogP contribution in [0.1, 0.15) is 49.1 Å². The lowest BCUT2D eigenvalue weighted by molar-refractivity contribution is -0.137. The van der Waals surface area contributed by atoms with Crippen molar-refractivity contribution < 1.29 is 14.7 Å². The number of carboxylic acid groups (broad SMARTS) is 1. The number of nitrogens with one attached hydrogen (secondary N) is 1. The molecule has 1 atom stereocenters. The van der Waals surface area contributed by atoms with Crippen molar-refractivity contribution in [2.24, 2.45) is 5.92 Å². The third-order valence-corrected chi connectivity index (χ3v) is 6.55. The van der Waals surface area contributed by atoms with Crippen LogP contribution in [-0.2, 0) is 16.0 Å². The van der Waals surface area contributed by atoms with Gasteiger partial charge in [0.25, 0.3) is 0 Å². The summed E-state index contributed by atoms with van der Waals surface area (Å²) in [6, 6.07) is 17.4. The number of aliphatic carboxylic acids is 1. The molecule has 33 heavy (non-hydrogen) atoms. The summed E-state index contributed by atoms with van der Waals surface area (Å²) < 4.78 is 0. The average Bonchev–Trinajstić information content (AvgIpc) is 3.33. The van der Waals surface area contributed by atoms with Gasteiger partial charge in [0, 0.05) is 30.1 Å². The van der Waals surface area contributed by atoms with Crippen molar-refractivity contribution in [2.75, 3.05) is 5.32 Å². The van der Waals surface area contributed by atoms with E-state index in [1.54, 1.807) is 12.4 Å². The van der Waals surface area contributed by atoms with E-state index in [2.05, 4.69) is 10.3 Å². The Morgan fingerprint density at radius 1 is 1.03 bits per heavy atom. The maximum atomic E-state index is 13.5. The van der Waals surface area contributed by atoms with Crippen LogP contribution >= 0.6 is 11.6 Å². The maximum Gasteiger partial charge on any atom is 0.303 e. The van der Waals surface area contributed by atoms with Crippen molar-refractivity contribution in [3.63, 3.8) is 0 Å². The van der Waals surface area contributed by atoms with E-state index in [4.69, 9.17) is 16.7 Å². The van der Waals surface area contributed by atoms with Gasteiger partial charge in [-0.1, -0.05) is 66.9 Å². The minimum atomic E-state index is -0.852. The number of carboxylic acids is 1. The van der Waals surface area contributed by atoms with Crippen LogP contribution in [0.5, 0.6) is 0 Å².